The molecule has 0 aliphatic heterocycles. The second-order valence-corrected chi connectivity index (χ2v) is 5.07. The molecule has 4 nitrogen and oxygen atoms in total. The molecule has 108 valence electrons. The highest BCUT2D eigenvalue weighted by Gasteiger charge is 2.17. The topological polar surface area (TPSA) is 64.4 Å². The van der Waals surface area contributed by atoms with Crippen LogP contribution in [0.5, 0.6) is 0 Å². The highest BCUT2D eigenvalue weighted by molar-refractivity contribution is 5.85. The van der Waals surface area contributed by atoms with Crippen molar-refractivity contribution in [2.75, 3.05) is 13.2 Å². The van der Waals surface area contributed by atoms with E-state index in [2.05, 4.69) is 5.32 Å². The third-order valence-electron chi connectivity index (χ3n) is 3.48. The molecule has 0 aromatic rings. The van der Waals surface area contributed by atoms with Crippen molar-refractivity contribution in [2.45, 2.75) is 58.1 Å². The third kappa shape index (κ3) is 6.57. The monoisotopic (exact) mass is 278 g/mol. The Bertz CT molecular complexity index is 231. The molecule has 1 aliphatic carbocycles. The van der Waals surface area contributed by atoms with Crippen LogP contribution in [0.1, 0.15) is 46.0 Å². The van der Waals surface area contributed by atoms with Gasteiger partial charge in [0.15, 0.2) is 0 Å². The van der Waals surface area contributed by atoms with Crippen LogP contribution in [-0.4, -0.2) is 31.2 Å². The van der Waals surface area contributed by atoms with Crippen LogP contribution in [0.2, 0.25) is 0 Å². The van der Waals surface area contributed by atoms with Gasteiger partial charge >= 0.3 is 0 Å². The number of nitrogens with two attached hydrogens (primary N) is 1. The van der Waals surface area contributed by atoms with Crippen molar-refractivity contribution in [2.24, 2.45) is 11.7 Å². The van der Waals surface area contributed by atoms with Crippen molar-refractivity contribution in [1.82, 2.24) is 5.32 Å². The Morgan fingerprint density at radius 3 is 2.56 bits per heavy atom. The smallest absolute Gasteiger partial charge is 0.224 e. The van der Waals surface area contributed by atoms with E-state index in [1.54, 1.807) is 0 Å². The van der Waals surface area contributed by atoms with Crippen molar-refractivity contribution in [3.8, 4) is 0 Å². The van der Waals surface area contributed by atoms with E-state index in [1.807, 2.05) is 13.8 Å². The van der Waals surface area contributed by atoms with E-state index >= 15 is 0 Å². The molecule has 0 heterocycles. The summed E-state index contributed by atoms with van der Waals surface area (Å²) in [5.74, 6) is -0.0772. The predicted octanol–water partition coefficient (Wildman–Crippen LogP) is 1.86. The number of hydrogen-bond donors (Lipinski definition) is 2. The van der Waals surface area contributed by atoms with Crippen molar-refractivity contribution < 1.29 is 9.53 Å². The molecule has 2 unspecified atom stereocenters. The lowest BCUT2D eigenvalue weighted by Crippen LogP contribution is -2.39. The molecule has 0 aromatic carbocycles. The van der Waals surface area contributed by atoms with Gasteiger partial charge in [0.05, 0.1) is 6.10 Å². The molecular weight excluding hydrogens is 252 g/mol. The van der Waals surface area contributed by atoms with E-state index in [0.29, 0.717) is 12.6 Å². The van der Waals surface area contributed by atoms with Gasteiger partial charge in [-0.05, 0) is 26.2 Å². The Kier molecular flexibility index (Phi) is 9.42. The molecular formula is C13H27ClN2O2. The fourth-order valence-electron chi connectivity index (χ4n) is 1.99. The van der Waals surface area contributed by atoms with Gasteiger partial charge in [0, 0.05) is 25.1 Å². The van der Waals surface area contributed by atoms with Crippen LogP contribution in [0.4, 0.5) is 0 Å². The highest BCUT2D eigenvalue weighted by Crippen LogP contribution is 2.20. The molecule has 1 saturated carbocycles. The maximum absolute atomic E-state index is 11.6. The summed E-state index contributed by atoms with van der Waals surface area (Å²) in [7, 11) is 0. The van der Waals surface area contributed by atoms with Crippen LogP contribution in [0.25, 0.3) is 0 Å². The molecule has 1 rings (SSSR count). The first-order chi connectivity index (χ1) is 8.11. The average molecular weight is 279 g/mol. The van der Waals surface area contributed by atoms with Crippen molar-refractivity contribution in [3.63, 3.8) is 0 Å². The quantitative estimate of drug-likeness (QED) is 0.699. The van der Waals surface area contributed by atoms with Gasteiger partial charge in [0.2, 0.25) is 5.91 Å². The van der Waals surface area contributed by atoms with Gasteiger partial charge in [0.1, 0.15) is 0 Å². The summed E-state index contributed by atoms with van der Waals surface area (Å²) in [6, 6.07) is -0.0928. The molecule has 5 heteroatoms. The molecule has 18 heavy (non-hydrogen) atoms. The molecule has 0 saturated heterocycles. The van der Waals surface area contributed by atoms with Gasteiger partial charge in [-0.25, -0.2) is 0 Å². The number of amides is 1. The van der Waals surface area contributed by atoms with Gasteiger partial charge in [-0.2, -0.15) is 0 Å². The van der Waals surface area contributed by atoms with Gasteiger partial charge in [-0.15, -0.1) is 12.4 Å². The van der Waals surface area contributed by atoms with Crippen molar-refractivity contribution in [1.29, 1.82) is 0 Å². The van der Waals surface area contributed by atoms with E-state index in [9.17, 15) is 4.79 Å². The highest BCUT2D eigenvalue weighted by atomic mass is 35.5. The van der Waals surface area contributed by atoms with Crippen LogP contribution >= 0.6 is 12.4 Å². The van der Waals surface area contributed by atoms with Gasteiger partial charge in [-0.3, -0.25) is 4.79 Å². The zero-order valence-corrected chi connectivity index (χ0v) is 12.3. The largest absolute Gasteiger partial charge is 0.378 e. The number of carbonyl (C=O) groups is 1. The number of halogens is 1. The van der Waals surface area contributed by atoms with E-state index in [-0.39, 0.29) is 30.3 Å². The summed E-state index contributed by atoms with van der Waals surface area (Å²) in [6.07, 6.45) is 6.35. The molecule has 2 atom stereocenters. The standard InChI is InChI=1S/C13H26N2O2.ClH/c1-10(11(2)14)13(16)15-8-5-9-17-12-6-3-4-7-12;/h10-12H,3-9,14H2,1-2H3,(H,15,16);1H. The average Bonchev–Trinajstić information content (AvgIpc) is 2.80. The first-order valence-electron chi connectivity index (χ1n) is 6.76. The lowest BCUT2D eigenvalue weighted by atomic mass is 10.0. The van der Waals surface area contributed by atoms with Gasteiger partial charge in [0.25, 0.3) is 0 Å². The second kappa shape index (κ2) is 9.59. The van der Waals surface area contributed by atoms with Crippen LogP contribution in [0.3, 0.4) is 0 Å². The first kappa shape index (κ1) is 17.7. The number of ether oxygens (including phenoxy) is 1. The Balaban J connectivity index is 0.00000289. The summed E-state index contributed by atoms with van der Waals surface area (Å²) in [5.41, 5.74) is 5.66. The summed E-state index contributed by atoms with van der Waals surface area (Å²) in [4.78, 5) is 11.6. The molecule has 1 amide bonds. The fourth-order valence-corrected chi connectivity index (χ4v) is 1.99. The van der Waals surface area contributed by atoms with Crippen molar-refractivity contribution in [3.05, 3.63) is 0 Å². The Morgan fingerprint density at radius 2 is 2.00 bits per heavy atom. The summed E-state index contributed by atoms with van der Waals surface area (Å²) < 4.78 is 5.72. The maximum atomic E-state index is 11.6. The van der Waals surface area contributed by atoms with Crippen LogP contribution in [0.15, 0.2) is 0 Å². The van der Waals surface area contributed by atoms with E-state index in [4.69, 9.17) is 10.5 Å². The first-order valence-corrected chi connectivity index (χ1v) is 6.76. The summed E-state index contributed by atoms with van der Waals surface area (Å²) >= 11 is 0. The molecule has 1 aliphatic rings. The molecule has 0 bridgehead atoms. The number of carbonyl (C=O) groups excluding carboxylic acids is 1. The SMILES string of the molecule is CC(N)C(C)C(=O)NCCCOC1CCCC1.Cl. The Labute approximate surface area is 116 Å². The predicted molar refractivity (Wildman–Crippen MR) is 75.9 cm³/mol. The zero-order chi connectivity index (χ0) is 12.7. The van der Waals surface area contributed by atoms with Gasteiger partial charge < -0.3 is 15.8 Å². The molecule has 0 spiro atoms. The van der Waals surface area contributed by atoms with Crippen LogP contribution in [-0.2, 0) is 9.53 Å². The minimum absolute atomic E-state index is 0. The zero-order valence-electron chi connectivity index (χ0n) is 11.5. The fraction of sp³-hybridized carbons (Fsp3) is 0.923. The minimum Gasteiger partial charge on any atom is -0.378 e. The molecule has 0 radical (unpaired) electrons. The van der Waals surface area contributed by atoms with Gasteiger partial charge in [-0.1, -0.05) is 19.8 Å². The normalized spacial score (nSPS) is 19.1. The van der Waals surface area contributed by atoms with E-state index in [1.165, 1.54) is 25.7 Å². The second-order valence-electron chi connectivity index (χ2n) is 5.07. The Hall–Kier alpha value is -0.320. The summed E-state index contributed by atoms with van der Waals surface area (Å²) in [6.45, 7) is 5.14. The number of rotatable bonds is 7. The lowest BCUT2D eigenvalue weighted by Gasteiger charge is -2.15. The van der Waals surface area contributed by atoms with E-state index in [0.717, 1.165) is 13.0 Å². The molecule has 3 N–H and O–H groups in total. The molecule has 0 aromatic heterocycles. The summed E-state index contributed by atoms with van der Waals surface area (Å²) in [5, 5.41) is 2.89. The van der Waals surface area contributed by atoms with Crippen molar-refractivity contribution >= 4 is 18.3 Å². The van der Waals surface area contributed by atoms with Crippen LogP contribution in [0, 0.1) is 5.92 Å². The number of hydrogen-bond acceptors (Lipinski definition) is 3. The number of nitrogens with one attached hydrogen (secondary N) is 1. The maximum Gasteiger partial charge on any atom is 0.224 e. The van der Waals surface area contributed by atoms with Crippen LogP contribution < -0.4 is 11.1 Å². The van der Waals surface area contributed by atoms with E-state index < -0.39 is 0 Å². The Morgan fingerprint density at radius 1 is 1.39 bits per heavy atom. The molecule has 1 fully saturated rings. The minimum atomic E-state index is -0.120. The third-order valence-corrected chi connectivity index (χ3v) is 3.48. The lowest BCUT2D eigenvalue weighted by molar-refractivity contribution is -0.124.